The van der Waals surface area contributed by atoms with E-state index >= 15 is 0 Å². The maximum Gasteiger partial charge on any atom is 0.251 e. The molecule has 86 valence electrons. The molecular formula is C13H17NO2. The number of aliphatic hydroxyl groups excluding tert-OH is 1. The second kappa shape index (κ2) is 4.66. The van der Waals surface area contributed by atoms with Crippen LogP contribution in [0.15, 0.2) is 24.3 Å². The van der Waals surface area contributed by atoms with Gasteiger partial charge in [-0.15, -0.1) is 0 Å². The lowest BCUT2D eigenvalue weighted by Crippen LogP contribution is -2.39. The molecule has 2 atom stereocenters. The predicted molar refractivity (Wildman–Crippen MR) is 62.3 cm³/mol. The second-order valence-corrected chi connectivity index (χ2v) is 4.44. The zero-order valence-corrected chi connectivity index (χ0v) is 9.44. The minimum absolute atomic E-state index is 0.0752. The lowest BCUT2D eigenvalue weighted by atomic mass is 10.1. The standard InChI is InChI=1S/C13H17NO2/c1-9-5-7-10(8-6-9)13(16)14-11-3-2-4-12(11)15/h5-8,11-12,15H,2-4H2,1H3,(H,14,16)/t11-,12-/m1/s1. The molecule has 1 aromatic carbocycles. The molecule has 3 nitrogen and oxygen atoms in total. The highest BCUT2D eigenvalue weighted by Crippen LogP contribution is 2.19. The van der Waals surface area contributed by atoms with E-state index in [4.69, 9.17) is 0 Å². The van der Waals surface area contributed by atoms with Gasteiger partial charge >= 0.3 is 0 Å². The summed E-state index contributed by atoms with van der Waals surface area (Å²) in [4.78, 5) is 11.8. The molecule has 0 bridgehead atoms. The van der Waals surface area contributed by atoms with Crippen LogP contribution in [0.2, 0.25) is 0 Å². The third-order valence-corrected chi connectivity index (χ3v) is 3.11. The van der Waals surface area contributed by atoms with Crippen molar-refractivity contribution in [3.63, 3.8) is 0 Å². The van der Waals surface area contributed by atoms with Gasteiger partial charge in [-0.3, -0.25) is 4.79 Å². The van der Waals surface area contributed by atoms with Crippen molar-refractivity contribution in [1.82, 2.24) is 5.32 Å². The molecule has 1 aliphatic carbocycles. The molecule has 0 heterocycles. The molecule has 0 aliphatic heterocycles. The molecule has 0 aromatic heterocycles. The van der Waals surface area contributed by atoms with Crippen molar-refractivity contribution in [2.24, 2.45) is 0 Å². The number of aliphatic hydroxyl groups is 1. The minimum atomic E-state index is -0.380. The summed E-state index contributed by atoms with van der Waals surface area (Å²) in [5.41, 5.74) is 1.79. The van der Waals surface area contributed by atoms with Crippen LogP contribution in [0.4, 0.5) is 0 Å². The first-order chi connectivity index (χ1) is 7.66. The number of hydrogen-bond acceptors (Lipinski definition) is 2. The first kappa shape index (κ1) is 11.1. The molecule has 1 aliphatic rings. The van der Waals surface area contributed by atoms with Crippen LogP contribution >= 0.6 is 0 Å². The molecule has 0 spiro atoms. The van der Waals surface area contributed by atoms with E-state index in [2.05, 4.69) is 5.32 Å². The number of carbonyl (C=O) groups excluding carboxylic acids is 1. The van der Waals surface area contributed by atoms with Crippen molar-refractivity contribution in [1.29, 1.82) is 0 Å². The molecule has 0 saturated heterocycles. The van der Waals surface area contributed by atoms with E-state index in [1.165, 1.54) is 0 Å². The molecule has 1 aromatic rings. The van der Waals surface area contributed by atoms with Crippen molar-refractivity contribution < 1.29 is 9.90 Å². The van der Waals surface area contributed by atoms with Crippen molar-refractivity contribution in [2.75, 3.05) is 0 Å². The number of hydrogen-bond donors (Lipinski definition) is 2. The summed E-state index contributed by atoms with van der Waals surface area (Å²) in [7, 11) is 0. The molecule has 2 rings (SSSR count). The maximum atomic E-state index is 11.8. The summed E-state index contributed by atoms with van der Waals surface area (Å²) in [5, 5.41) is 12.5. The number of amides is 1. The van der Waals surface area contributed by atoms with Crippen LogP contribution in [-0.4, -0.2) is 23.2 Å². The lowest BCUT2D eigenvalue weighted by molar-refractivity contribution is 0.0873. The van der Waals surface area contributed by atoms with Gasteiger partial charge in [0.15, 0.2) is 0 Å². The van der Waals surface area contributed by atoms with Crippen molar-refractivity contribution in [3.05, 3.63) is 35.4 Å². The van der Waals surface area contributed by atoms with Crippen LogP contribution in [-0.2, 0) is 0 Å². The SMILES string of the molecule is Cc1ccc(C(=O)N[C@@H]2CCC[C@H]2O)cc1. The van der Waals surface area contributed by atoms with Crippen LogP contribution in [0, 0.1) is 6.92 Å². The summed E-state index contributed by atoms with van der Waals surface area (Å²) in [6, 6.07) is 7.38. The average molecular weight is 219 g/mol. The van der Waals surface area contributed by atoms with Crippen LogP contribution in [0.3, 0.4) is 0 Å². The Hall–Kier alpha value is -1.35. The highest BCUT2D eigenvalue weighted by molar-refractivity contribution is 5.94. The van der Waals surface area contributed by atoms with Gasteiger partial charge < -0.3 is 10.4 Å². The van der Waals surface area contributed by atoms with Crippen LogP contribution < -0.4 is 5.32 Å². The monoisotopic (exact) mass is 219 g/mol. The quantitative estimate of drug-likeness (QED) is 0.794. The van der Waals surface area contributed by atoms with Gasteiger partial charge in [-0.05, 0) is 38.3 Å². The smallest absolute Gasteiger partial charge is 0.251 e. The zero-order valence-electron chi connectivity index (χ0n) is 9.44. The Morgan fingerprint density at radius 1 is 1.31 bits per heavy atom. The highest BCUT2D eigenvalue weighted by Gasteiger charge is 2.26. The summed E-state index contributed by atoms with van der Waals surface area (Å²) in [6.45, 7) is 1.99. The number of rotatable bonds is 2. The summed E-state index contributed by atoms with van der Waals surface area (Å²) in [6.07, 6.45) is 2.27. The third-order valence-electron chi connectivity index (χ3n) is 3.11. The number of carbonyl (C=O) groups is 1. The number of aryl methyl sites for hydroxylation is 1. The highest BCUT2D eigenvalue weighted by atomic mass is 16.3. The van der Waals surface area contributed by atoms with Crippen molar-refractivity contribution >= 4 is 5.91 Å². The van der Waals surface area contributed by atoms with E-state index in [1.54, 1.807) is 0 Å². The summed E-state index contributed by atoms with van der Waals surface area (Å²) in [5.74, 6) is -0.0917. The second-order valence-electron chi connectivity index (χ2n) is 4.44. The van der Waals surface area contributed by atoms with Gasteiger partial charge in [0.25, 0.3) is 5.91 Å². The zero-order chi connectivity index (χ0) is 11.5. The molecule has 16 heavy (non-hydrogen) atoms. The average Bonchev–Trinajstić information content (AvgIpc) is 2.65. The molecule has 1 fully saturated rings. The Kier molecular flexibility index (Phi) is 3.25. The van der Waals surface area contributed by atoms with Crippen molar-refractivity contribution in [3.8, 4) is 0 Å². The molecule has 1 amide bonds. The topological polar surface area (TPSA) is 49.3 Å². The first-order valence-electron chi connectivity index (χ1n) is 5.72. The van der Waals surface area contributed by atoms with Gasteiger partial charge in [0.1, 0.15) is 0 Å². The predicted octanol–water partition coefficient (Wildman–Crippen LogP) is 1.64. The summed E-state index contributed by atoms with van der Waals surface area (Å²) < 4.78 is 0. The van der Waals surface area contributed by atoms with Crippen molar-refractivity contribution in [2.45, 2.75) is 38.3 Å². The Morgan fingerprint density at radius 2 is 2.00 bits per heavy atom. The van der Waals surface area contributed by atoms with Gasteiger partial charge in [0, 0.05) is 5.56 Å². The van der Waals surface area contributed by atoms with Gasteiger partial charge in [-0.2, -0.15) is 0 Å². The molecule has 0 unspecified atom stereocenters. The fraction of sp³-hybridized carbons (Fsp3) is 0.462. The Balaban J connectivity index is 2.00. The van der Waals surface area contributed by atoms with Gasteiger partial charge in [-0.25, -0.2) is 0 Å². The molecule has 0 radical (unpaired) electrons. The van der Waals surface area contributed by atoms with Gasteiger partial charge in [0.2, 0.25) is 0 Å². The summed E-state index contributed by atoms with van der Waals surface area (Å²) >= 11 is 0. The van der Waals surface area contributed by atoms with Crippen LogP contribution in [0.1, 0.15) is 35.2 Å². The molecular weight excluding hydrogens is 202 g/mol. The molecule has 2 N–H and O–H groups in total. The van der Waals surface area contributed by atoms with E-state index in [1.807, 2.05) is 31.2 Å². The number of nitrogens with one attached hydrogen (secondary N) is 1. The van der Waals surface area contributed by atoms with E-state index in [0.717, 1.165) is 24.8 Å². The normalized spacial score (nSPS) is 24.4. The number of benzene rings is 1. The first-order valence-corrected chi connectivity index (χ1v) is 5.72. The van der Waals surface area contributed by atoms with Gasteiger partial charge in [-0.1, -0.05) is 17.7 Å². The van der Waals surface area contributed by atoms with E-state index in [-0.39, 0.29) is 18.1 Å². The van der Waals surface area contributed by atoms with E-state index in [0.29, 0.717) is 5.56 Å². The minimum Gasteiger partial charge on any atom is -0.391 e. The molecule has 1 saturated carbocycles. The van der Waals surface area contributed by atoms with Gasteiger partial charge in [0.05, 0.1) is 12.1 Å². The van der Waals surface area contributed by atoms with Crippen LogP contribution in [0.5, 0.6) is 0 Å². The van der Waals surface area contributed by atoms with E-state index in [9.17, 15) is 9.90 Å². The Labute approximate surface area is 95.5 Å². The Bertz CT molecular complexity index is 372. The lowest BCUT2D eigenvalue weighted by Gasteiger charge is -2.16. The third kappa shape index (κ3) is 2.42. The van der Waals surface area contributed by atoms with E-state index < -0.39 is 0 Å². The fourth-order valence-electron chi connectivity index (χ4n) is 2.07. The van der Waals surface area contributed by atoms with Crippen LogP contribution in [0.25, 0.3) is 0 Å². The maximum absolute atomic E-state index is 11.8. The fourth-order valence-corrected chi connectivity index (χ4v) is 2.07. The molecule has 3 heteroatoms. The largest absolute Gasteiger partial charge is 0.391 e. The Morgan fingerprint density at radius 3 is 2.56 bits per heavy atom.